The molecule has 114 valence electrons. The molecule has 0 saturated carbocycles. The lowest BCUT2D eigenvalue weighted by Crippen LogP contribution is -2.58. The normalized spacial score (nSPS) is 18.4. The molecule has 1 atom stereocenters. The summed E-state index contributed by atoms with van der Waals surface area (Å²) in [6, 6.07) is 3.02. The van der Waals surface area contributed by atoms with Crippen LogP contribution in [0.2, 0.25) is 0 Å². The van der Waals surface area contributed by atoms with E-state index in [1.807, 2.05) is 11.8 Å². The molecule has 3 N–H and O–H groups in total. The molecular weight excluding hydrogens is 270 g/mol. The molecule has 0 radical (unpaired) electrons. The van der Waals surface area contributed by atoms with Crippen LogP contribution in [0.1, 0.15) is 16.1 Å². The number of primary amides is 1. The van der Waals surface area contributed by atoms with Crippen LogP contribution in [-0.2, 0) is 4.79 Å². The molecule has 0 bridgehead atoms. The number of hydrogen-bond donors (Lipinski definition) is 2. The minimum Gasteiger partial charge on any atom is -0.365 e. The number of piperazine rings is 1. The van der Waals surface area contributed by atoms with Gasteiger partial charge >= 0.3 is 0 Å². The molecule has 2 amide bonds. The van der Waals surface area contributed by atoms with Gasteiger partial charge in [-0.2, -0.15) is 0 Å². The zero-order valence-corrected chi connectivity index (χ0v) is 12.6. The van der Waals surface area contributed by atoms with Crippen LogP contribution < -0.4 is 16.0 Å². The smallest absolute Gasteiger partial charge is 0.252 e. The summed E-state index contributed by atoms with van der Waals surface area (Å²) in [5.41, 5.74) is 6.56. The Bertz CT molecular complexity index is 558. The molecule has 1 aromatic heterocycles. The van der Waals surface area contributed by atoms with Crippen LogP contribution in [0.5, 0.6) is 0 Å². The van der Waals surface area contributed by atoms with Gasteiger partial charge in [0.25, 0.3) is 5.91 Å². The molecule has 1 aliphatic heterocycles. The molecule has 7 nitrogen and oxygen atoms in total. The van der Waals surface area contributed by atoms with Crippen molar-refractivity contribution >= 4 is 17.6 Å². The topological polar surface area (TPSA) is 91.6 Å². The Hall–Kier alpha value is -2.15. The van der Waals surface area contributed by atoms with Gasteiger partial charge in [0.15, 0.2) is 0 Å². The van der Waals surface area contributed by atoms with E-state index in [0.29, 0.717) is 24.5 Å². The first kappa shape index (κ1) is 15.2. The number of carbonyl (C=O) groups excluding carboxylic acids is 2. The van der Waals surface area contributed by atoms with Crippen LogP contribution in [0.15, 0.2) is 12.1 Å². The first-order valence-electron chi connectivity index (χ1n) is 6.87. The number of amides is 2. The van der Waals surface area contributed by atoms with Crippen LogP contribution in [0, 0.1) is 6.92 Å². The number of pyridine rings is 1. The third-order valence-corrected chi connectivity index (χ3v) is 3.52. The molecule has 1 saturated heterocycles. The molecule has 7 heteroatoms. The van der Waals surface area contributed by atoms with Gasteiger partial charge in [-0.1, -0.05) is 0 Å². The van der Waals surface area contributed by atoms with E-state index >= 15 is 0 Å². The molecule has 2 rings (SSSR count). The Kier molecular flexibility index (Phi) is 4.42. The van der Waals surface area contributed by atoms with Gasteiger partial charge in [-0.3, -0.25) is 9.59 Å². The fourth-order valence-corrected chi connectivity index (χ4v) is 2.43. The standard InChI is InChI=1S/C14H21N5O2/c1-9-4-5-10(12(15)20)13(17-9)19-7-6-16-8-11(19)14(21)18(2)3/h4-5,11,16H,6-8H2,1-3H3,(H2,15,20). The number of anilines is 1. The van der Waals surface area contributed by atoms with Crippen LogP contribution in [0.25, 0.3) is 0 Å². The van der Waals surface area contributed by atoms with Crippen molar-refractivity contribution in [2.45, 2.75) is 13.0 Å². The molecule has 0 aromatic carbocycles. The van der Waals surface area contributed by atoms with E-state index in [4.69, 9.17) is 5.73 Å². The number of nitrogens with two attached hydrogens (primary N) is 1. The third kappa shape index (κ3) is 3.13. The summed E-state index contributed by atoms with van der Waals surface area (Å²) in [5.74, 6) is -0.0720. The summed E-state index contributed by atoms with van der Waals surface area (Å²) >= 11 is 0. The van der Waals surface area contributed by atoms with Gasteiger partial charge in [-0.15, -0.1) is 0 Å². The predicted molar refractivity (Wildman–Crippen MR) is 80.2 cm³/mol. The average Bonchev–Trinajstić information content (AvgIpc) is 2.46. The van der Waals surface area contributed by atoms with Crippen molar-refractivity contribution in [3.8, 4) is 0 Å². The number of nitrogens with zero attached hydrogens (tertiary/aromatic N) is 3. The molecule has 1 aliphatic rings. The van der Waals surface area contributed by atoms with Crippen molar-refractivity contribution in [3.05, 3.63) is 23.4 Å². The summed E-state index contributed by atoms with van der Waals surface area (Å²) in [6.07, 6.45) is 0. The second-order valence-electron chi connectivity index (χ2n) is 5.33. The Balaban J connectivity index is 2.44. The predicted octanol–water partition coefficient (Wildman–Crippen LogP) is -0.645. The number of aryl methyl sites for hydroxylation is 1. The van der Waals surface area contributed by atoms with Gasteiger partial charge in [0.1, 0.15) is 11.9 Å². The number of likely N-dealkylation sites (N-methyl/N-ethyl adjacent to an activating group) is 1. The van der Waals surface area contributed by atoms with Gasteiger partial charge in [-0.25, -0.2) is 4.98 Å². The number of nitrogens with one attached hydrogen (secondary N) is 1. The van der Waals surface area contributed by atoms with Crippen molar-refractivity contribution in [1.29, 1.82) is 0 Å². The average molecular weight is 291 g/mol. The fourth-order valence-electron chi connectivity index (χ4n) is 2.43. The van der Waals surface area contributed by atoms with E-state index in [1.54, 1.807) is 31.1 Å². The largest absolute Gasteiger partial charge is 0.365 e. The second-order valence-corrected chi connectivity index (χ2v) is 5.33. The van der Waals surface area contributed by atoms with E-state index in [-0.39, 0.29) is 11.9 Å². The molecule has 1 fully saturated rings. The number of carbonyl (C=O) groups is 2. The Morgan fingerprint density at radius 3 is 2.76 bits per heavy atom. The van der Waals surface area contributed by atoms with Crippen LogP contribution in [0.4, 0.5) is 5.82 Å². The maximum Gasteiger partial charge on any atom is 0.252 e. The third-order valence-electron chi connectivity index (χ3n) is 3.52. The zero-order chi connectivity index (χ0) is 15.6. The zero-order valence-electron chi connectivity index (χ0n) is 12.6. The van der Waals surface area contributed by atoms with E-state index in [2.05, 4.69) is 10.3 Å². The highest BCUT2D eigenvalue weighted by Crippen LogP contribution is 2.22. The second kappa shape index (κ2) is 6.09. The van der Waals surface area contributed by atoms with E-state index in [9.17, 15) is 9.59 Å². The molecule has 1 unspecified atom stereocenters. The quantitative estimate of drug-likeness (QED) is 0.772. The first-order valence-corrected chi connectivity index (χ1v) is 6.87. The monoisotopic (exact) mass is 291 g/mol. The van der Waals surface area contributed by atoms with Crippen molar-refractivity contribution in [1.82, 2.24) is 15.2 Å². The number of rotatable bonds is 3. The lowest BCUT2D eigenvalue weighted by Gasteiger charge is -2.38. The van der Waals surface area contributed by atoms with E-state index in [1.165, 1.54) is 0 Å². The molecule has 1 aromatic rings. The summed E-state index contributed by atoms with van der Waals surface area (Å²) < 4.78 is 0. The summed E-state index contributed by atoms with van der Waals surface area (Å²) in [4.78, 5) is 31.8. The molecular formula is C14H21N5O2. The van der Waals surface area contributed by atoms with E-state index in [0.717, 1.165) is 12.2 Å². The van der Waals surface area contributed by atoms with Gasteiger partial charge in [0.05, 0.1) is 5.56 Å². The Morgan fingerprint density at radius 1 is 1.43 bits per heavy atom. The van der Waals surface area contributed by atoms with Crippen LogP contribution >= 0.6 is 0 Å². The fraction of sp³-hybridized carbons (Fsp3) is 0.500. The molecule has 0 aliphatic carbocycles. The molecule has 2 heterocycles. The van der Waals surface area contributed by atoms with Crippen LogP contribution in [0.3, 0.4) is 0 Å². The van der Waals surface area contributed by atoms with Crippen molar-refractivity contribution in [3.63, 3.8) is 0 Å². The van der Waals surface area contributed by atoms with Gasteiger partial charge < -0.3 is 20.9 Å². The molecule has 0 spiro atoms. The number of hydrogen-bond acceptors (Lipinski definition) is 5. The minimum atomic E-state index is -0.535. The first-order chi connectivity index (χ1) is 9.91. The maximum atomic E-state index is 12.3. The maximum absolute atomic E-state index is 12.3. The Morgan fingerprint density at radius 2 is 2.14 bits per heavy atom. The van der Waals surface area contributed by atoms with Crippen LogP contribution in [-0.4, -0.2) is 61.5 Å². The minimum absolute atomic E-state index is 0.0269. The SMILES string of the molecule is Cc1ccc(C(N)=O)c(N2CCNCC2C(=O)N(C)C)n1. The summed E-state index contributed by atoms with van der Waals surface area (Å²) in [6.45, 7) is 3.69. The summed E-state index contributed by atoms with van der Waals surface area (Å²) in [7, 11) is 3.43. The highest BCUT2D eigenvalue weighted by molar-refractivity contribution is 5.98. The van der Waals surface area contributed by atoms with Gasteiger partial charge in [0.2, 0.25) is 5.91 Å². The number of aromatic nitrogens is 1. The Labute approximate surface area is 124 Å². The molecule has 21 heavy (non-hydrogen) atoms. The van der Waals surface area contributed by atoms with Crippen molar-refractivity contribution in [2.24, 2.45) is 5.73 Å². The van der Waals surface area contributed by atoms with Crippen molar-refractivity contribution in [2.75, 3.05) is 38.6 Å². The lowest BCUT2D eigenvalue weighted by molar-refractivity contribution is -0.130. The van der Waals surface area contributed by atoms with Gasteiger partial charge in [0, 0.05) is 39.4 Å². The van der Waals surface area contributed by atoms with Gasteiger partial charge in [-0.05, 0) is 19.1 Å². The highest BCUT2D eigenvalue weighted by atomic mass is 16.2. The van der Waals surface area contributed by atoms with E-state index < -0.39 is 5.91 Å². The lowest BCUT2D eigenvalue weighted by atomic mass is 10.1. The summed E-state index contributed by atoms with van der Waals surface area (Å²) in [5, 5.41) is 3.20. The van der Waals surface area contributed by atoms with Crippen molar-refractivity contribution < 1.29 is 9.59 Å². The highest BCUT2D eigenvalue weighted by Gasteiger charge is 2.32.